The number of benzene rings is 1. The molecule has 1 aliphatic rings. The van der Waals surface area contributed by atoms with Crippen LogP contribution in [-0.4, -0.2) is 65.8 Å². The van der Waals surface area contributed by atoms with E-state index < -0.39 is 16.1 Å². The van der Waals surface area contributed by atoms with E-state index in [0.29, 0.717) is 22.9 Å². The molecule has 3 heterocycles. The number of anilines is 2. The van der Waals surface area contributed by atoms with E-state index in [2.05, 4.69) is 14.7 Å². The minimum atomic E-state index is -3.59. The monoisotopic (exact) mass is 519 g/mol. The van der Waals surface area contributed by atoms with E-state index in [9.17, 15) is 13.2 Å². The molecule has 12 heteroatoms. The van der Waals surface area contributed by atoms with Gasteiger partial charge in [-0.15, -0.1) is 0 Å². The quantitative estimate of drug-likeness (QED) is 0.491. The van der Waals surface area contributed by atoms with E-state index in [1.54, 1.807) is 9.42 Å². The lowest BCUT2D eigenvalue weighted by atomic mass is 10.1. The third-order valence-electron chi connectivity index (χ3n) is 6.15. The Balaban J connectivity index is 1.66. The first-order valence-electron chi connectivity index (χ1n) is 11.4. The summed E-state index contributed by atoms with van der Waals surface area (Å²) in [5.41, 5.74) is 8.76. The zero-order chi connectivity index (χ0) is 25.5. The van der Waals surface area contributed by atoms with Crippen LogP contribution >= 0.6 is 11.6 Å². The molecule has 35 heavy (non-hydrogen) atoms. The van der Waals surface area contributed by atoms with Crippen LogP contribution in [0.2, 0.25) is 5.02 Å². The van der Waals surface area contributed by atoms with Crippen molar-refractivity contribution in [3.8, 4) is 0 Å². The van der Waals surface area contributed by atoms with E-state index in [0.717, 1.165) is 37.1 Å². The molecule has 1 aliphatic heterocycles. The minimum absolute atomic E-state index is 0.144. The summed E-state index contributed by atoms with van der Waals surface area (Å²) in [6.45, 7) is 7.74. The molecule has 4 rings (SSSR count). The second-order valence-electron chi connectivity index (χ2n) is 8.95. The lowest BCUT2D eigenvalue weighted by Crippen LogP contribution is -2.34. The summed E-state index contributed by atoms with van der Waals surface area (Å²) in [6.07, 6.45) is 3.90. The minimum Gasteiger partial charge on any atom is -0.355 e. The normalized spacial score (nSPS) is 17.1. The Kier molecular flexibility index (Phi) is 6.94. The molecule has 1 amide bonds. The standard InChI is InChI=1S/C23H30ClN7O3S/c1-5-30(23(32)18-10-16(24)6-7-19(18)28-35(4,33)34)15(3)20-11-21-26-22(14(2)12-31(21)27-20)29-9-8-17(25)13-29/h6-7,10-12,15,17,28H,5,8-9,13,25H2,1-4H3/t15-,17-/m0/s1. The Bertz CT molecular complexity index is 1370. The van der Waals surface area contributed by atoms with Crippen LogP contribution < -0.4 is 15.4 Å². The predicted molar refractivity (Wildman–Crippen MR) is 138 cm³/mol. The molecular formula is C23H30ClN7O3S. The van der Waals surface area contributed by atoms with Gasteiger partial charge < -0.3 is 15.5 Å². The second-order valence-corrected chi connectivity index (χ2v) is 11.1. The summed E-state index contributed by atoms with van der Waals surface area (Å²) in [6, 6.07) is 6.10. The molecule has 10 nitrogen and oxygen atoms in total. The summed E-state index contributed by atoms with van der Waals surface area (Å²) in [5.74, 6) is 0.532. The van der Waals surface area contributed by atoms with Crippen LogP contribution in [0.25, 0.3) is 5.65 Å². The number of fused-ring (bicyclic) bond motifs is 1. The Labute approximate surface area is 210 Å². The molecule has 1 fully saturated rings. The van der Waals surface area contributed by atoms with Crippen molar-refractivity contribution in [2.75, 3.05) is 35.5 Å². The van der Waals surface area contributed by atoms with Gasteiger partial charge in [0.25, 0.3) is 5.91 Å². The first-order valence-corrected chi connectivity index (χ1v) is 13.7. The number of hydrogen-bond acceptors (Lipinski definition) is 7. The molecule has 0 unspecified atom stereocenters. The maximum absolute atomic E-state index is 13.5. The Morgan fingerprint density at radius 3 is 2.74 bits per heavy atom. The average Bonchev–Trinajstić information content (AvgIpc) is 3.39. The van der Waals surface area contributed by atoms with Crippen LogP contribution in [0, 0.1) is 6.92 Å². The number of halogens is 1. The van der Waals surface area contributed by atoms with Crippen LogP contribution in [0.15, 0.2) is 30.5 Å². The smallest absolute Gasteiger partial charge is 0.256 e. The number of rotatable bonds is 7. The SMILES string of the molecule is CCN(C(=O)c1cc(Cl)ccc1NS(C)(=O)=O)[C@@H](C)c1cc2nc(N3CC[C@H](N)C3)c(C)cn2n1. The highest BCUT2D eigenvalue weighted by Gasteiger charge is 2.27. The van der Waals surface area contributed by atoms with Crippen molar-refractivity contribution in [2.45, 2.75) is 39.3 Å². The molecule has 0 spiro atoms. The number of hydrogen-bond donors (Lipinski definition) is 2. The number of nitrogens with two attached hydrogens (primary N) is 1. The molecule has 1 aromatic carbocycles. The second kappa shape index (κ2) is 9.63. The molecular weight excluding hydrogens is 490 g/mol. The zero-order valence-electron chi connectivity index (χ0n) is 20.2. The van der Waals surface area contributed by atoms with E-state index in [1.807, 2.05) is 33.0 Å². The summed E-state index contributed by atoms with van der Waals surface area (Å²) in [4.78, 5) is 22.2. The fourth-order valence-corrected chi connectivity index (χ4v) is 5.16. The zero-order valence-corrected chi connectivity index (χ0v) is 21.8. The maximum Gasteiger partial charge on any atom is 0.256 e. The van der Waals surface area contributed by atoms with Gasteiger partial charge in [0.15, 0.2) is 5.65 Å². The largest absolute Gasteiger partial charge is 0.355 e. The summed E-state index contributed by atoms with van der Waals surface area (Å²) in [5, 5.41) is 5.01. The van der Waals surface area contributed by atoms with E-state index in [4.69, 9.17) is 22.3 Å². The molecule has 2 aromatic heterocycles. The van der Waals surface area contributed by atoms with Crippen LogP contribution in [0.5, 0.6) is 0 Å². The number of amides is 1. The van der Waals surface area contributed by atoms with E-state index in [1.165, 1.54) is 18.2 Å². The summed E-state index contributed by atoms with van der Waals surface area (Å²) >= 11 is 6.14. The third-order valence-corrected chi connectivity index (χ3v) is 6.98. The number of nitrogens with one attached hydrogen (secondary N) is 1. The lowest BCUT2D eigenvalue weighted by molar-refractivity contribution is 0.0700. The van der Waals surface area contributed by atoms with Gasteiger partial charge in [0.2, 0.25) is 10.0 Å². The lowest BCUT2D eigenvalue weighted by Gasteiger charge is -2.27. The Morgan fingerprint density at radius 1 is 1.37 bits per heavy atom. The number of carbonyl (C=O) groups is 1. The van der Waals surface area contributed by atoms with E-state index in [-0.39, 0.29) is 23.2 Å². The molecule has 3 aromatic rings. The molecule has 1 saturated heterocycles. The summed E-state index contributed by atoms with van der Waals surface area (Å²) < 4.78 is 27.8. The molecule has 0 bridgehead atoms. The van der Waals surface area contributed by atoms with Crippen molar-refractivity contribution >= 4 is 44.7 Å². The number of carbonyl (C=O) groups excluding carboxylic acids is 1. The number of aromatic nitrogens is 3. The van der Waals surface area contributed by atoms with Gasteiger partial charge in [-0.2, -0.15) is 5.10 Å². The van der Waals surface area contributed by atoms with Gasteiger partial charge in [-0.3, -0.25) is 9.52 Å². The maximum atomic E-state index is 13.5. The average molecular weight is 520 g/mol. The van der Waals surface area contributed by atoms with Crippen molar-refractivity contribution in [3.05, 3.63) is 52.3 Å². The third kappa shape index (κ3) is 5.36. The van der Waals surface area contributed by atoms with E-state index >= 15 is 0 Å². The fourth-order valence-electron chi connectivity index (χ4n) is 4.41. The van der Waals surface area contributed by atoms with Crippen LogP contribution in [0.1, 0.15) is 47.9 Å². The van der Waals surface area contributed by atoms with Gasteiger partial charge in [-0.05, 0) is 45.4 Å². The topological polar surface area (TPSA) is 126 Å². The highest BCUT2D eigenvalue weighted by Crippen LogP contribution is 2.29. The Hall–Kier alpha value is -2.89. The molecule has 3 N–H and O–H groups in total. The van der Waals surface area contributed by atoms with Gasteiger partial charge in [-0.1, -0.05) is 11.6 Å². The van der Waals surface area contributed by atoms with Gasteiger partial charge in [0.1, 0.15) is 5.82 Å². The molecule has 2 atom stereocenters. The van der Waals surface area contributed by atoms with Crippen molar-refractivity contribution in [3.63, 3.8) is 0 Å². The first kappa shape index (κ1) is 25.2. The Morgan fingerprint density at radius 2 is 2.11 bits per heavy atom. The van der Waals surface area contributed by atoms with Crippen molar-refractivity contribution < 1.29 is 13.2 Å². The molecule has 0 saturated carbocycles. The molecule has 0 radical (unpaired) electrons. The molecule has 0 aliphatic carbocycles. The summed E-state index contributed by atoms with van der Waals surface area (Å²) in [7, 11) is -3.59. The fraction of sp³-hybridized carbons (Fsp3) is 0.435. The van der Waals surface area contributed by atoms with Crippen LogP contribution in [-0.2, 0) is 10.0 Å². The highest BCUT2D eigenvalue weighted by molar-refractivity contribution is 7.92. The number of sulfonamides is 1. The van der Waals surface area contributed by atoms with Crippen LogP contribution in [0.4, 0.5) is 11.5 Å². The van der Waals surface area contributed by atoms with Gasteiger partial charge in [0.05, 0.1) is 29.2 Å². The van der Waals surface area contributed by atoms with Crippen molar-refractivity contribution in [2.24, 2.45) is 5.73 Å². The highest BCUT2D eigenvalue weighted by atomic mass is 35.5. The predicted octanol–water partition coefficient (Wildman–Crippen LogP) is 2.82. The first-order chi connectivity index (χ1) is 16.5. The van der Waals surface area contributed by atoms with Gasteiger partial charge in [-0.25, -0.2) is 17.9 Å². The van der Waals surface area contributed by atoms with Gasteiger partial charge >= 0.3 is 0 Å². The van der Waals surface area contributed by atoms with Crippen molar-refractivity contribution in [1.82, 2.24) is 19.5 Å². The van der Waals surface area contributed by atoms with Gasteiger partial charge in [0, 0.05) is 48.5 Å². The number of nitrogens with zero attached hydrogens (tertiary/aromatic N) is 5. The number of aryl methyl sites for hydroxylation is 1. The molecule has 188 valence electrons. The van der Waals surface area contributed by atoms with Crippen LogP contribution in [0.3, 0.4) is 0 Å². The van der Waals surface area contributed by atoms with Crippen molar-refractivity contribution in [1.29, 1.82) is 0 Å².